The number of nitrogens with zero attached hydrogens (tertiary/aromatic N) is 1. The highest BCUT2D eigenvalue weighted by Gasteiger charge is 2.30. The number of aromatic nitrogens is 1. The van der Waals surface area contributed by atoms with E-state index in [-0.39, 0.29) is 0 Å². The summed E-state index contributed by atoms with van der Waals surface area (Å²) >= 11 is 0. The molecule has 5 nitrogen and oxygen atoms in total. The summed E-state index contributed by atoms with van der Waals surface area (Å²) in [6.07, 6.45) is 4.70. The van der Waals surface area contributed by atoms with Gasteiger partial charge in [0.15, 0.2) is 0 Å². The molecule has 0 N–H and O–H groups in total. The zero-order valence-corrected chi connectivity index (χ0v) is 11.5. The van der Waals surface area contributed by atoms with Crippen LogP contribution in [0, 0.1) is 6.92 Å². The molecule has 0 fully saturated rings. The monoisotopic (exact) mass is 263 g/mol. The number of hydrogen-bond donors (Lipinski definition) is 0. The third-order valence-electron chi connectivity index (χ3n) is 2.86. The quantitative estimate of drug-likeness (QED) is 0.605. The Morgan fingerprint density at radius 3 is 2.95 bits per heavy atom. The largest absolute Gasteiger partial charge is 0.466 e. The van der Waals surface area contributed by atoms with E-state index < -0.39 is 11.8 Å². The van der Waals surface area contributed by atoms with Gasteiger partial charge >= 0.3 is 5.97 Å². The first-order valence-corrected chi connectivity index (χ1v) is 6.00. The minimum atomic E-state index is -0.663. The van der Waals surface area contributed by atoms with Crippen LogP contribution in [0.15, 0.2) is 12.3 Å². The summed E-state index contributed by atoms with van der Waals surface area (Å²) in [6, 6.07) is 0. The number of ether oxygens (including phenoxy) is 3. The van der Waals surface area contributed by atoms with Crippen LogP contribution < -0.4 is 4.74 Å². The predicted molar refractivity (Wildman–Crippen MR) is 69.5 cm³/mol. The van der Waals surface area contributed by atoms with Crippen molar-refractivity contribution in [1.29, 1.82) is 0 Å². The fourth-order valence-electron chi connectivity index (χ4n) is 1.83. The second-order valence-corrected chi connectivity index (χ2v) is 4.75. The number of hydrogen-bond acceptors (Lipinski definition) is 5. The van der Waals surface area contributed by atoms with Gasteiger partial charge in [-0.25, -0.2) is 4.79 Å². The van der Waals surface area contributed by atoms with Gasteiger partial charge in [0.05, 0.1) is 19.4 Å². The summed E-state index contributed by atoms with van der Waals surface area (Å²) < 4.78 is 16.0. The third kappa shape index (κ3) is 2.93. The topological polar surface area (TPSA) is 57.7 Å². The third-order valence-corrected chi connectivity index (χ3v) is 2.86. The van der Waals surface area contributed by atoms with Gasteiger partial charge in [0.1, 0.15) is 5.75 Å². The van der Waals surface area contributed by atoms with Crippen molar-refractivity contribution in [3.8, 4) is 5.75 Å². The molecule has 5 heteroatoms. The average molecular weight is 263 g/mol. The number of rotatable bonds is 2. The molecule has 1 aliphatic rings. The van der Waals surface area contributed by atoms with Crippen LogP contribution in [0.4, 0.5) is 0 Å². The van der Waals surface area contributed by atoms with Crippen molar-refractivity contribution in [3.05, 3.63) is 29.1 Å². The van der Waals surface area contributed by atoms with Gasteiger partial charge in [0.25, 0.3) is 0 Å². The molecular formula is C14H17NO4. The molecule has 2 rings (SSSR count). The maximum Gasteiger partial charge on any atom is 0.330 e. The molecule has 0 saturated heterocycles. The van der Waals surface area contributed by atoms with Gasteiger partial charge in [0.2, 0.25) is 5.79 Å². The van der Waals surface area contributed by atoms with Crippen molar-refractivity contribution in [2.45, 2.75) is 33.2 Å². The Bertz CT molecular complexity index is 534. The fraction of sp³-hybridized carbons (Fsp3) is 0.429. The smallest absolute Gasteiger partial charge is 0.330 e. The van der Waals surface area contributed by atoms with Crippen molar-refractivity contribution < 1.29 is 19.0 Å². The Kier molecular flexibility index (Phi) is 3.57. The van der Waals surface area contributed by atoms with Crippen LogP contribution in [-0.4, -0.2) is 23.9 Å². The Hall–Kier alpha value is -1.88. The van der Waals surface area contributed by atoms with Crippen LogP contribution in [-0.2, 0) is 20.9 Å². The molecule has 0 amide bonds. The number of carbonyl (C=O) groups excluding carboxylic acids is 1. The number of aryl methyl sites for hydroxylation is 1. The molecule has 0 radical (unpaired) electrons. The van der Waals surface area contributed by atoms with E-state index >= 15 is 0 Å². The minimum Gasteiger partial charge on any atom is -0.466 e. The Morgan fingerprint density at radius 1 is 1.53 bits per heavy atom. The van der Waals surface area contributed by atoms with Gasteiger partial charge < -0.3 is 14.2 Å². The van der Waals surface area contributed by atoms with Crippen molar-refractivity contribution in [1.82, 2.24) is 4.98 Å². The highest BCUT2D eigenvalue weighted by atomic mass is 16.7. The zero-order valence-electron chi connectivity index (χ0n) is 11.5. The molecule has 19 heavy (non-hydrogen) atoms. The first-order valence-electron chi connectivity index (χ1n) is 6.00. The lowest BCUT2D eigenvalue weighted by molar-refractivity contribution is -0.180. The van der Waals surface area contributed by atoms with Gasteiger partial charge in [-0.15, -0.1) is 0 Å². The zero-order chi connectivity index (χ0) is 14.0. The molecule has 0 bridgehead atoms. The molecule has 2 heterocycles. The molecule has 0 saturated carbocycles. The Labute approximate surface area is 112 Å². The second-order valence-electron chi connectivity index (χ2n) is 4.75. The molecule has 1 aromatic rings. The summed E-state index contributed by atoms with van der Waals surface area (Å²) in [6.45, 7) is 6.01. The van der Waals surface area contributed by atoms with Gasteiger partial charge in [-0.2, -0.15) is 0 Å². The molecule has 0 aromatic carbocycles. The van der Waals surface area contributed by atoms with Crippen LogP contribution in [0.1, 0.15) is 30.7 Å². The summed E-state index contributed by atoms with van der Waals surface area (Å²) in [5.74, 6) is -0.347. The van der Waals surface area contributed by atoms with E-state index in [0.717, 1.165) is 22.6 Å². The van der Waals surface area contributed by atoms with Crippen LogP contribution in [0.25, 0.3) is 6.08 Å². The Balaban J connectivity index is 2.38. The van der Waals surface area contributed by atoms with Gasteiger partial charge in [0, 0.05) is 37.2 Å². The maximum absolute atomic E-state index is 11.1. The lowest BCUT2D eigenvalue weighted by atomic mass is 10.1. The van der Waals surface area contributed by atoms with Crippen molar-refractivity contribution >= 4 is 12.0 Å². The van der Waals surface area contributed by atoms with E-state index in [0.29, 0.717) is 6.61 Å². The number of carbonyl (C=O) groups is 1. The van der Waals surface area contributed by atoms with Crippen LogP contribution in [0.3, 0.4) is 0 Å². The number of fused-ring (bicyclic) bond motifs is 1. The first-order chi connectivity index (χ1) is 8.93. The fourth-order valence-corrected chi connectivity index (χ4v) is 1.83. The van der Waals surface area contributed by atoms with E-state index in [1.165, 1.54) is 13.2 Å². The highest BCUT2D eigenvalue weighted by Crippen LogP contribution is 2.35. The van der Waals surface area contributed by atoms with Gasteiger partial charge in [-0.1, -0.05) is 0 Å². The van der Waals surface area contributed by atoms with Crippen LogP contribution >= 0.6 is 0 Å². The molecule has 0 aliphatic carbocycles. The molecule has 0 spiro atoms. The second kappa shape index (κ2) is 5.01. The number of pyridine rings is 1. The molecule has 1 aromatic heterocycles. The van der Waals surface area contributed by atoms with E-state index in [1.54, 1.807) is 12.3 Å². The first kappa shape index (κ1) is 13.5. The average Bonchev–Trinajstić information content (AvgIpc) is 2.37. The summed E-state index contributed by atoms with van der Waals surface area (Å²) in [4.78, 5) is 15.4. The van der Waals surface area contributed by atoms with Gasteiger partial charge in [-0.05, 0) is 13.0 Å². The minimum absolute atomic E-state index is 0.410. The van der Waals surface area contributed by atoms with Crippen molar-refractivity contribution in [2.24, 2.45) is 0 Å². The SMILES string of the molecule is COC(=O)/C=C/c1cnc(C)c2c1COC(C)(C)O2. The lowest BCUT2D eigenvalue weighted by Crippen LogP contribution is -2.36. The summed E-state index contributed by atoms with van der Waals surface area (Å²) in [5, 5.41) is 0. The molecule has 1 aliphatic heterocycles. The number of esters is 1. The molecular weight excluding hydrogens is 246 g/mol. The summed E-state index contributed by atoms with van der Waals surface area (Å²) in [7, 11) is 1.34. The molecule has 102 valence electrons. The molecule has 0 atom stereocenters. The standard InChI is InChI=1S/C14H17NO4/c1-9-13-11(8-18-14(2,3)19-13)10(7-15-9)5-6-12(16)17-4/h5-7H,8H2,1-4H3/b6-5+. The van der Waals surface area contributed by atoms with E-state index in [1.807, 2.05) is 20.8 Å². The van der Waals surface area contributed by atoms with E-state index in [4.69, 9.17) is 9.47 Å². The van der Waals surface area contributed by atoms with E-state index in [2.05, 4.69) is 9.72 Å². The van der Waals surface area contributed by atoms with Crippen LogP contribution in [0.5, 0.6) is 5.75 Å². The number of methoxy groups -OCH3 is 1. The van der Waals surface area contributed by atoms with Crippen molar-refractivity contribution in [2.75, 3.05) is 7.11 Å². The summed E-state index contributed by atoms with van der Waals surface area (Å²) in [5.41, 5.74) is 2.50. The van der Waals surface area contributed by atoms with Gasteiger partial charge in [-0.3, -0.25) is 4.98 Å². The normalized spacial score (nSPS) is 16.8. The van der Waals surface area contributed by atoms with E-state index in [9.17, 15) is 4.79 Å². The predicted octanol–water partition coefficient (Wildman–Crippen LogP) is 2.22. The maximum atomic E-state index is 11.1. The highest BCUT2D eigenvalue weighted by molar-refractivity contribution is 5.87. The Morgan fingerprint density at radius 2 is 2.26 bits per heavy atom. The molecule has 0 unspecified atom stereocenters. The van der Waals surface area contributed by atoms with Crippen molar-refractivity contribution in [3.63, 3.8) is 0 Å². The van der Waals surface area contributed by atoms with Crippen LogP contribution in [0.2, 0.25) is 0 Å². The lowest BCUT2D eigenvalue weighted by Gasteiger charge is -2.33.